The smallest absolute Gasteiger partial charge is 0.258 e. The molecule has 6 nitrogen and oxygen atoms in total. The van der Waals surface area contributed by atoms with Crippen LogP contribution in [0.3, 0.4) is 0 Å². The lowest BCUT2D eigenvalue weighted by Gasteiger charge is -2.09. The van der Waals surface area contributed by atoms with Crippen LogP contribution >= 0.6 is 11.8 Å². The first-order chi connectivity index (χ1) is 14.1. The first-order valence-corrected chi connectivity index (χ1v) is 10.7. The summed E-state index contributed by atoms with van der Waals surface area (Å²) >= 11 is 1.54. The van der Waals surface area contributed by atoms with Crippen LogP contribution in [0, 0.1) is 13.8 Å². The van der Waals surface area contributed by atoms with Crippen LogP contribution in [0.2, 0.25) is 0 Å². The zero-order valence-corrected chi connectivity index (χ0v) is 17.6. The molecular weight excluding hydrogens is 382 g/mol. The van der Waals surface area contributed by atoms with Crippen LogP contribution in [0.25, 0.3) is 22.3 Å². The highest BCUT2D eigenvalue weighted by atomic mass is 32.2. The van der Waals surface area contributed by atoms with Crippen molar-refractivity contribution in [2.45, 2.75) is 44.6 Å². The number of aromatic nitrogens is 5. The molecule has 0 atom stereocenters. The molecule has 4 aromatic rings. The lowest BCUT2D eigenvalue weighted by Crippen LogP contribution is -2.12. The van der Waals surface area contributed by atoms with Crippen molar-refractivity contribution >= 4 is 22.7 Å². The third-order valence-electron chi connectivity index (χ3n) is 4.77. The minimum absolute atomic E-state index is 0.107. The highest BCUT2D eigenvalue weighted by molar-refractivity contribution is 7.98. The summed E-state index contributed by atoms with van der Waals surface area (Å²) in [5, 5.41) is 10.3. The van der Waals surface area contributed by atoms with Crippen LogP contribution in [0.4, 0.5) is 0 Å². The molecule has 0 saturated heterocycles. The van der Waals surface area contributed by atoms with Crippen LogP contribution in [0.5, 0.6) is 0 Å². The molecule has 2 aromatic carbocycles. The maximum Gasteiger partial charge on any atom is 0.258 e. The lowest BCUT2D eigenvalue weighted by atomic mass is 10.1. The van der Waals surface area contributed by atoms with E-state index in [0.717, 1.165) is 40.6 Å². The summed E-state index contributed by atoms with van der Waals surface area (Å²) in [6.45, 7) is 7.01. The lowest BCUT2D eigenvalue weighted by molar-refractivity contribution is 0.626. The zero-order chi connectivity index (χ0) is 20.4. The molecule has 29 heavy (non-hydrogen) atoms. The van der Waals surface area contributed by atoms with E-state index in [-0.39, 0.29) is 5.56 Å². The van der Waals surface area contributed by atoms with E-state index in [2.05, 4.69) is 56.8 Å². The highest BCUT2D eigenvalue weighted by Crippen LogP contribution is 2.26. The van der Waals surface area contributed by atoms with Crippen LogP contribution < -0.4 is 5.56 Å². The maximum atomic E-state index is 12.4. The number of hydrogen-bond donors (Lipinski definition) is 1. The summed E-state index contributed by atoms with van der Waals surface area (Å²) in [5.74, 6) is 2.04. The molecule has 0 spiro atoms. The van der Waals surface area contributed by atoms with Gasteiger partial charge < -0.3 is 9.55 Å². The molecule has 0 unspecified atom stereocenters. The SMILES string of the molecule is CCCn1c(SCc2nc3c(C)cccc3c(=O)[nH]2)nnc1-c1cccc(C)c1. The van der Waals surface area contributed by atoms with Gasteiger partial charge in [0.25, 0.3) is 5.56 Å². The predicted octanol–water partition coefficient (Wildman–Crippen LogP) is 4.50. The molecule has 0 fully saturated rings. The second-order valence-electron chi connectivity index (χ2n) is 7.10. The normalized spacial score (nSPS) is 11.3. The standard InChI is InChI=1S/C22H23N5OS/c1-4-11-27-20(16-9-5-7-14(2)12-16)25-26-22(27)29-13-18-23-19-15(3)8-6-10-17(19)21(28)24-18/h5-10,12H,4,11,13H2,1-3H3,(H,23,24,28). The topological polar surface area (TPSA) is 76.5 Å². The number of benzene rings is 2. The molecule has 0 aliphatic rings. The molecule has 0 radical (unpaired) electrons. The first kappa shape index (κ1) is 19.4. The number of H-pyrrole nitrogens is 1. The number of para-hydroxylation sites is 1. The molecular formula is C22H23N5OS. The predicted molar refractivity (Wildman–Crippen MR) is 117 cm³/mol. The Labute approximate surface area is 173 Å². The zero-order valence-electron chi connectivity index (χ0n) is 16.8. The highest BCUT2D eigenvalue weighted by Gasteiger charge is 2.15. The average Bonchev–Trinajstić information content (AvgIpc) is 3.10. The molecule has 4 rings (SSSR count). The number of nitrogens with one attached hydrogen (secondary N) is 1. The monoisotopic (exact) mass is 405 g/mol. The number of hydrogen-bond acceptors (Lipinski definition) is 5. The number of rotatable bonds is 6. The van der Waals surface area contributed by atoms with Crippen molar-refractivity contribution in [1.29, 1.82) is 0 Å². The molecule has 148 valence electrons. The van der Waals surface area contributed by atoms with E-state index in [9.17, 15) is 4.79 Å². The van der Waals surface area contributed by atoms with Crippen molar-refractivity contribution in [3.05, 3.63) is 69.8 Å². The van der Waals surface area contributed by atoms with Gasteiger partial charge in [-0.05, 0) is 38.0 Å². The number of aromatic amines is 1. The van der Waals surface area contributed by atoms with E-state index in [0.29, 0.717) is 17.0 Å². The van der Waals surface area contributed by atoms with Crippen LogP contribution in [0.1, 0.15) is 30.3 Å². The molecule has 0 bridgehead atoms. The van der Waals surface area contributed by atoms with Crippen LogP contribution in [-0.4, -0.2) is 24.7 Å². The Kier molecular flexibility index (Phi) is 5.49. The summed E-state index contributed by atoms with van der Waals surface area (Å²) in [6, 6.07) is 13.9. The van der Waals surface area contributed by atoms with E-state index in [4.69, 9.17) is 0 Å². The Hall–Kier alpha value is -2.93. The van der Waals surface area contributed by atoms with Gasteiger partial charge >= 0.3 is 0 Å². The molecule has 7 heteroatoms. The largest absolute Gasteiger partial charge is 0.309 e. The minimum Gasteiger partial charge on any atom is -0.309 e. The summed E-state index contributed by atoms with van der Waals surface area (Å²) < 4.78 is 2.14. The fraction of sp³-hybridized carbons (Fsp3) is 0.273. The molecule has 0 aliphatic heterocycles. The van der Waals surface area contributed by atoms with Crippen molar-refractivity contribution in [2.24, 2.45) is 0 Å². The second-order valence-corrected chi connectivity index (χ2v) is 8.04. The Morgan fingerprint density at radius 2 is 1.93 bits per heavy atom. The van der Waals surface area contributed by atoms with Gasteiger partial charge in [-0.2, -0.15) is 0 Å². The van der Waals surface area contributed by atoms with Gasteiger partial charge in [0.1, 0.15) is 5.82 Å². The van der Waals surface area contributed by atoms with Gasteiger partial charge in [-0.25, -0.2) is 4.98 Å². The molecule has 0 saturated carbocycles. The summed E-state index contributed by atoms with van der Waals surface area (Å²) in [4.78, 5) is 20.0. The van der Waals surface area contributed by atoms with E-state index in [1.54, 1.807) is 6.07 Å². The number of fused-ring (bicyclic) bond motifs is 1. The van der Waals surface area contributed by atoms with Crippen molar-refractivity contribution < 1.29 is 0 Å². The molecule has 0 amide bonds. The van der Waals surface area contributed by atoms with Gasteiger partial charge in [0.2, 0.25) is 0 Å². The third kappa shape index (κ3) is 3.96. The molecule has 2 aromatic heterocycles. The Morgan fingerprint density at radius 1 is 1.10 bits per heavy atom. The van der Waals surface area contributed by atoms with Gasteiger partial charge in [-0.3, -0.25) is 4.79 Å². The second kappa shape index (κ2) is 8.21. The van der Waals surface area contributed by atoms with Gasteiger partial charge in [0.15, 0.2) is 11.0 Å². The molecule has 2 heterocycles. The quantitative estimate of drug-likeness (QED) is 0.478. The fourth-order valence-corrected chi connectivity index (χ4v) is 4.21. The number of aryl methyl sites for hydroxylation is 2. The third-order valence-corrected chi connectivity index (χ3v) is 5.74. The van der Waals surface area contributed by atoms with E-state index in [1.165, 1.54) is 17.3 Å². The Balaban J connectivity index is 1.64. The molecule has 0 aliphatic carbocycles. The van der Waals surface area contributed by atoms with Crippen LogP contribution in [0.15, 0.2) is 52.4 Å². The van der Waals surface area contributed by atoms with Gasteiger partial charge in [0, 0.05) is 12.1 Å². The van der Waals surface area contributed by atoms with Gasteiger partial charge in [-0.1, -0.05) is 54.6 Å². The summed E-state index contributed by atoms with van der Waals surface area (Å²) in [5.41, 5.74) is 3.89. The van der Waals surface area contributed by atoms with Gasteiger partial charge in [-0.15, -0.1) is 10.2 Å². The van der Waals surface area contributed by atoms with E-state index in [1.807, 2.05) is 25.1 Å². The van der Waals surface area contributed by atoms with Crippen molar-refractivity contribution in [2.75, 3.05) is 0 Å². The minimum atomic E-state index is -0.107. The van der Waals surface area contributed by atoms with Crippen molar-refractivity contribution in [3.8, 4) is 11.4 Å². The van der Waals surface area contributed by atoms with Crippen LogP contribution in [-0.2, 0) is 12.3 Å². The Bertz CT molecular complexity index is 1230. The summed E-state index contributed by atoms with van der Waals surface area (Å²) in [7, 11) is 0. The number of thioether (sulfide) groups is 1. The van der Waals surface area contributed by atoms with E-state index < -0.39 is 0 Å². The van der Waals surface area contributed by atoms with Gasteiger partial charge in [0.05, 0.1) is 16.7 Å². The maximum absolute atomic E-state index is 12.4. The first-order valence-electron chi connectivity index (χ1n) is 9.68. The Morgan fingerprint density at radius 3 is 2.72 bits per heavy atom. The van der Waals surface area contributed by atoms with E-state index >= 15 is 0 Å². The van der Waals surface area contributed by atoms with Crippen molar-refractivity contribution in [1.82, 2.24) is 24.7 Å². The number of nitrogens with zero attached hydrogens (tertiary/aromatic N) is 4. The fourth-order valence-electron chi connectivity index (χ4n) is 3.37. The molecule has 1 N–H and O–H groups in total. The summed E-state index contributed by atoms with van der Waals surface area (Å²) in [6.07, 6.45) is 0.981. The average molecular weight is 406 g/mol. The van der Waals surface area contributed by atoms with Crippen molar-refractivity contribution in [3.63, 3.8) is 0 Å².